The van der Waals surface area contributed by atoms with E-state index in [0.29, 0.717) is 18.0 Å². The van der Waals surface area contributed by atoms with Gasteiger partial charge in [0.15, 0.2) is 0 Å². The van der Waals surface area contributed by atoms with Gasteiger partial charge in [-0.15, -0.1) is 0 Å². The summed E-state index contributed by atoms with van der Waals surface area (Å²) in [5.41, 5.74) is 7.50. The Labute approximate surface area is 224 Å². The predicted octanol–water partition coefficient (Wildman–Crippen LogP) is 7.04. The topological polar surface area (TPSA) is 71.3 Å². The molecule has 1 unspecified atom stereocenters. The molecule has 1 aliphatic rings. The van der Waals surface area contributed by atoms with E-state index in [4.69, 9.17) is 0 Å². The van der Waals surface area contributed by atoms with Crippen LogP contribution >= 0.6 is 0 Å². The summed E-state index contributed by atoms with van der Waals surface area (Å²) in [6.07, 6.45) is 2.52. The van der Waals surface area contributed by atoms with Crippen molar-refractivity contribution in [3.05, 3.63) is 106 Å². The van der Waals surface area contributed by atoms with Crippen molar-refractivity contribution in [2.24, 2.45) is 0 Å². The van der Waals surface area contributed by atoms with E-state index in [-0.39, 0.29) is 11.9 Å². The fourth-order valence-electron chi connectivity index (χ4n) is 5.19. The second kappa shape index (κ2) is 9.79. The third kappa shape index (κ3) is 4.85. The molecule has 0 bridgehead atoms. The molecule has 5 rings (SSSR count). The van der Waals surface area contributed by atoms with Crippen LogP contribution in [0.5, 0.6) is 0 Å². The number of aromatic nitrogens is 1. The number of carbonyl (C=O) groups is 2. The van der Waals surface area contributed by atoms with Gasteiger partial charge in [-0.05, 0) is 99.4 Å². The molecule has 5 nitrogen and oxygen atoms in total. The normalized spacial score (nSPS) is 14.4. The fraction of sp³-hybridized carbons (Fsp3) is 0.333. The first-order valence-electron chi connectivity index (χ1n) is 13.4. The molecule has 0 spiro atoms. The summed E-state index contributed by atoms with van der Waals surface area (Å²) in [6.45, 7) is 10.3. The highest BCUT2D eigenvalue weighted by atomic mass is 16.4. The SMILES string of the molecule is Cc1c(C)n(Cc2ccc(C(C)(C)C(=O)O)cc2)c2ccc(C(=O)NC(C)c3cccc(C4CC4)c3)cc12. The van der Waals surface area contributed by atoms with Crippen LogP contribution in [0.1, 0.15) is 89.4 Å². The first-order valence-corrected chi connectivity index (χ1v) is 13.4. The Kier molecular flexibility index (Phi) is 6.64. The molecule has 1 heterocycles. The highest BCUT2D eigenvalue weighted by molar-refractivity contribution is 5.99. The summed E-state index contributed by atoms with van der Waals surface area (Å²) in [4.78, 5) is 24.8. The van der Waals surface area contributed by atoms with Gasteiger partial charge in [0, 0.05) is 28.7 Å². The van der Waals surface area contributed by atoms with E-state index in [0.717, 1.165) is 38.9 Å². The van der Waals surface area contributed by atoms with E-state index in [1.54, 1.807) is 13.8 Å². The molecule has 2 N–H and O–H groups in total. The van der Waals surface area contributed by atoms with Gasteiger partial charge in [-0.2, -0.15) is 0 Å². The number of aryl methyl sites for hydroxylation is 1. The van der Waals surface area contributed by atoms with Gasteiger partial charge >= 0.3 is 5.97 Å². The zero-order chi connectivity index (χ0) is 27.2. The van der Waals surface area contributed by atoms with Crippen LogP contribution in [0.3, 0.4) is 0 Å². The van der Waals surface area contributed by atoms with Gasteiger partial charge in [-0.1, -0.05) is 48.5 Å². The van der Waals surface area contributed by atoms with Crippen molar-refractivity contribution in [3.63, 3.8) is 0 Å². The van der Waals surface area contributed by atoms with Gasteiger partial charge in [-0.25, -0.2) is 0 Å². The Morgan fingerprint density at radius 2 is 1.74 bits per heavy atom. The Balaban J connectivity index is 1.36. The van der Waals surface area contributed by atoms with E-state index in [1.165, 1.54) is 18.4 Å². The molecule has 38 heavy (non-hydrogen) atoms. The van der Waals surface area contributed by atoms with Gasteiger partial charge in [0.2, 0.25) is 0 Å². The van der Waals surface area contributed by atoms with E-state index >= 15 is 0 Å². The molecule has 196 valence electrons. The summed E-state index contributed by atoms with van der Waals surface area (Å²) in [6, 6.07) is 22.3. The van der Waals surface area contributed by atoms with Crippen LogP contribution in [0, 0.1) is 13.8 Å². The maximum atomic E-state index is 13.2. The fourth-order valence-corrected chi connectivity index (χ4v) is 5.19. The minimum absolute atomic E-state index is 0.0709. The Morgan fingerprint density at radius 1 is 1.03 bits per heavy atom. The molecule has 3 aromatic carbocycles. The van der Waals surface area contributed by atoms with Crippen molar-refractivity contribution < 1.29 is 14.7 Å². The Morgan fingerprint density at radius 3 is 2.39 bits per heavy atom. The summed E-state index contributed by atoms with van der Waals surface area (Å²) in [5.74, 6) is -0.225. The van der Waals surface area contributed by atoms with Crippen molar-refractivity contribution in [1.82, 2.24) is 9.88 Å². The summed E-state index contributed by atoms with van der Waals surface area (Å²) in [5, 5.41) is 13.8. The molecule has 4 aromatic rings. The number of hydrogen-bond acceptors (Lipinski definition) is 2. The van der Waals surface area contributed by atoms with Gasteiger partial charge in [0.25, 0.3) is 5.91 Å². The second-order valence-electron chi connectivity index (χ2n) is 11.3. The minimum atomic E-state index is -0.931. The lowest BCUT2D eigenvalue weighted by Gasteiger charge is -2.20. The van der Waals surface area contributed by atoms with Crippen LogP contribution in [-0.4, -0.2) is 21.6 Å². The van der Waals surface area contributed by atoms with Crippen molar-refractivity contribution >= 4 is 22.8 Å². The van der Waals surface area contributed by atoms with Crippen LogP contribution < -0.4 is 5.32 Å². The van der Waals surface area contributed by atoms with E-state index in [2.05, 4.69) is 48.0 Å². The standard InChI is InChI=1S/C33H36N2O3/c1-20-22(3)35(19-23-9-14-28(15-10-23)33(4,5)32(37)38)30-16-13-27(18-29(20)30)31(36)34-21(2)25-7-6-8-26(17-25)24-11-12-24/h6-10,13-18,21,24H,11-12,19H2,1-5H3,(H,34,36)(H,37,38). The zero-order valence-electron chi connectivity index (χ0n) is 22.8. The summed E-state index contributed by atoms with van der Waals surface area (Å²) >= 11 is 0. The summed E-state index contributed by atoms with van der Waals surface area (Å²) in [7, 11) is 0. The maximum absolute atomic E-state index is 13.2. The van der Waals surface area contributed by atoms with Crippen molar-refractivity contribution in [1.29, 1.82) is 0 Å². The zero-order valence-corrected chi connectivity index (χ0v) is 22.8. The number of rotatable bonds is 8. The number of hydrogen-bond donors (Lipinski definition) is 2. The van der Waals surface area contributed by atoms with Gasteiger partial charge in [-0.3, -0.25) is 9.59 Å². The summed E-state index contributed by atoms with van der Waals surface area (Å²) < 4.78 is 2.26. The van der Waals surface area contributed by atoms with Gasteiger partial charge in [0.1, 0.15) is 0 Å². The van der Waals surface area contributed by atoms with Crippen molar-refractivity contribution in [2.45, 2.75) is 71.4 Å². The lowest BCUT2D eigenvalue weighted by atomic mass is 9.84. The highest BCUT2D eigenvalue weighted by Crippen LogP contribution is 2.40. The molecule has 1 aromatic heterocycles. The predicted molar refractivity (Wildman–Crippen MR) is 152 cm³/mol. The number of amides is 1. The third-order valence-corrected chi connectivity index (χ3v) is 8.26. The molecule has 1 aliphatic carbocycles. The molecule has 0 aliphatic heterocycles. The molecule has 1 atom stereocenters. The van der Waals surface area contributed by atoms with Crippen LogP contribution in [0.2, 0.25) is 0 Å². The molecule has 0 saturated heterocycles. The Bertz CT molecular complexity index is 1520. The number of carboxylic acids is 1. The Hall–Kier alpha value is -3.86. The van der Waals surface area contributed by atoms with Crippen molar-refractivity contribution in [3.8, 4) is 0 Å². The van der Waals surface area contributed by atoms with Crippen LogP contribution in [0.25, 0.3) is 10.9 Å². The van der Waals surface area contributed by atoms with Crippen molar-refractivity contribution in [2.75, 3.05) is 0 Å². The molecule has 1 amide bonds. The van der Waals surface area contributed by atoms with Crippen LogP contribution in [-0.2, 0) is 16.8 Å². The molecule has 0 radical (unpaired) electrons. The molecule has 1 fully saturated rings. The number of benzene rings is 3. The van der Waals surface area contributed by atoms with E-state index in [1.807, 2.05) is 49.4 Å². The smallest absolute Gasteiger partial charge is 0.313 e. The number of carboxylic acid groups (broad SMARTS) is 1. The van der Waals surface area contributed by atoms with E-state index < -0.39 is 11.4 Å². The number of aliphatic carboxylic acids is 1. The molecular weight excluding hydrogens is 472 g/mol. The largest absolute Gasteiger partial charge is 0.481 e. The highest BCUT2D eigenvalue weighted by Gasteiger charge is 2.29. The quantitative estimate of drug-likeness (QED) is 0.268. The molecule has 5 heteroatoms. The first-order chi connectivity index (χ1) is 18.1. The number of nitrogens with one attached hydrogen (secondary N) is 1. The number of carbonyl (C=O) groups excluding carboxylic acids is 1. The van der Waals surface area contributed by atoms with Crippen LogP contribution in [0.4, 0.5) is 0 Å². The lowest BCUT2D eigenvalue weighted by Crippen LogP contribution is -2.28. The van der Waals surface area contributed by atoms with Crippen LogP contribution in [0.15, 0.2) is 66.7 Å². The second-order valence-corrected chi connectivity index (χ2v) is 11.3. The van der Waals surface area contributed by atoms with Gasteiger partial charge < -0.3 is 15.0 Å². The number of nitrogens with zero attached hydrogens (tertiary/aromatic N) is 1. The van der Waals surface area contributed by atoms with E-state index in [9.17, 15) is 14.7 Å². The third-order valence-electron chi connectivity index (χ3n) is 8.26. The molecular formula is C33H36N2O3. The maximum Gasteiger partial charge on any atom is 0.313 e. The molecule has 1 saturated carbocycles. The average Bonchev–Trinajstić information content (AvgIpc) is 3.73. The minimum Gasteiger partial charge on any atom is -0.481 e. The average molecular weight is 509 g/mol. The van der Waals surface area contributed by atoms with Gasteiger partial charge in [0.05, 0.1) is 11.5 Å². The lowest BCUT2D eigenvalue weighted by molar-refractivity contribution is -0.142. The first kappa shape index (κ1) is 25.8. The monoisotopic (exact) mass is 508 g/mol. The number of fused-ring (bicyclic) bond motifs is 1.